The van der Waals surface area contributed by atoms with Gasteiger partial charge in [-0.2, -0.15) is 0 Å². The SMILES string of the molecule is CCC(CC)C(=O)N(Cc1ccc(C(=O)NCc2ccc(OC)cc2)cc1)C1CCN(Cc2c[nH]c3ccccc23)CC1. The van der Waals surface area contributed by atoms with E-state index in [1.54, 1.807) is 7.11 Å². The molecule has 2 amide bonds. The average molecular weight is 581 g/mol. The summed E-state index contributed by atoms with van der Waals surface area (Å²) in [4.78, 5) is 34.6. The third kappa shape index (κ3) is 7.46. The Kier molecular flexibility index (Phi) is 10.2. The Morgan fingerprint density at radius 2 is 1.63 bits per heavy atom. The summed E-state index contributed by atoms with van der Waals surface area (Å²) < 4.78 is 5.20. The summed E-state index contributed by atoms with van der Waals surface area (Å²) in [6.45, 7) is 8.06. The lowest BCUT2D eigenvalue weighted by Gasteiger charge is -2.40. The van der Waals surface area contributed by atoms with Crippen LogP contribution >= 0.6 is 0 Å². The molecule has 5 rings (SSSR count). The van der Waals surface area contributed by atoms with Crippen molar-refractivity contribution >= 4 is 22.7 Å². The number of carbonyl (C=O) groups is 2. The van der Waals surface area contributed by atoms with E-state index in [2.05, 4.69) is 64.4 Å². The van der Waals surface area contributed by atoms with Crippen LogP contribution < -0.4 is 10.1 Å². The van der Waals surface area contributed by atoms with Crippen LogP contribution in [0.4, 0.5) is 0 Å². The zero-order valence-corrected chi connectivity index (χ0v) is 25.6. The third-order valence-corrected chi connectivity index (χ3v) is 8.87. The number of ether oxygens (including phenoxy) is 1. The molecule has 7 nitrogen and oxygen atoms in total. The van der Waals surface area contributed by atoms with Gasteiger partial charge in [0.1, 0.15) is 5.75 Å². The number of piperidine rings is 1. The van der Waals surface area contributed by atoms with Gasteiger partial charge in [-0.3, -0.25) is 14.5 Å². The summed E-state index contributed by atoms with van der Waals surface area (Å²) in [6, 6.07) is 24.0. The number of hydrogen-bond donors (Lipinski definition) is 2. The van der Waals surface area contributed by atoms with Crippen molar-refractivity contribution in [3.05, 3.63) is 101 Å². The fourth-order valence-electron chi connectivity index (χ4n) is 6.14. The Balaban J connectivity index is 1.21. The van der Waals surface area contributed by atoms with Gasteiger partial charge < -0.3 is 19.9 Å². The number of benzene rings is 3. The van der Waals surface area contributed by atoms with Crippen LogP contribution in [0.1, 0.15) is 66.6 Å². The summed E-state index contributed by atoms with van der Waals surface area (Å²) in [5.41, 5.74) is 5.17. The molecule has 226 valence electrons. The molecule has 0 radical (unpaired) electrons. The number of fused-ring (bicyclic) bond motifs is 1. The molecule has 1 aromatic heterocycles. The first-order valence-corrected chi connectivity index (χ1v) is 15.6. The summed E-state index contributed by atoms with van der Waals surface area (Å²) >= 11 is 0. The largest absolute Gasteiger partial charge is 0.497 e. The predicted molar refractivity (Wildman–Crippen MR) is 172 cm³/mol. The van der Waals surface area contributed by atoms with Crippen molar-refractivity contribution in [2.45, 2.75) is 65.2 Å². The molecule has 0 spiro atoms. The number of methoxy groups -OCH3 is 1. The lowest BCUT2D eigenvalue weighted by molar-refractivity contribution is -0.140. The van der Waals surface area contributed by atoms with Crippen molar-refractivity contribution in [3.63, 3.8) is 0 Å². The smallest absolute Gasteiger partial charge is 0.251 e. The molecule has 1 aliphatic rings. The minimum atomic E-state index is -0.116. The Labute approximate surface area is 255 Å². The highest BCUT2D eigenvalue weighted by Gasteiger charge is 2.31. The number of likely N-dealkylation sites (tertiary alicyclic amines) is 1. The second-order valence-corrected chi connectivity index (χ2v) is 11.6. The Bertz CT molecular complexity index is 1480. The number of aromatic amines is 1. The van der Waals surface area contributed by atoms with Crippen molar-refractivity contribution in [3.8, 4) is 5.75 Å². The van der Waals surface area contributed by atoms with Crippen LogP contribution in [0.5, 0.6) is 5.75 Å². The molecule has 0 bridgehead atoms. The second-order valence-electron chi connectivity index (χ2n) is 11.6. The highest BCUT2D eigenvalue weighted by molar-refractivity contribution is 5.94. The molecule has 4 aromatic rings. The number of carbonyl (C=O) groups excluding carboxylic acids is 2. The second kappa shape index (κ2) is 14.4. The van der Waals surface area contributed by atoms with Gasteiger partial charge in [-0.15, -0.1) is 0 Å². The molecule has 1 fully saturated rings. The zero-order valence-electron chi connectivity index (χ0n) is 25.6. The maximum atomic E-state index is 13.8. The van der Waals surface area contributed by atoms with E-state index >= 15 is 0 Å². The number of aromatic nitrogens is 1. The molecule has 0 aliphatic carbocycles. The molecule has 2 heterocycles. The minimum absolute atomic E-state index is 0.0345. The molecule has 43 heavy (non-hydrogen) atoms. The van der Waals surface area contributed by atoms with Crippen LogP contribution in [0.15, 0.2) is 79.0 Å². The van der Waals surface area contributed by atoms with Crippen molar-refractivity contribution in [1.29, 1.82) is 0 Å². The van der Waals surface area contributed by atoms with Gasteiger partial charge in [0.2, 0.25) is 5.91 Å². The monoisotopic (exact) mass is 580 g/mol. The minimum Gasteiger partial charge on any atom is -0.497 e. The van der Waals surface area contributed by atoms with Gasteiger partial charge in [-0.05, 0) is 72.7 Å². The van der Waals surface area contributed by atoms with Crippen LogP contribution in [0.3, 0.4) is 0 Å². The van der Waals surface area contributed by atoms with Gasteiger partial charge >= 0.3 is 0 Å². The van der Waals surface area contributed by atoms with Crippen molar-refractivity contribution in [1.82, 2.24) is 20.1 Å². The predicted octanol–water partition coefficient (Wildman–Crippen LogP) is 6.54. The molecule has 2 N–H and O–H groups in total. The van der Waals surface area contributed by atoms with E-state index in [-0.39, 0.29) is 23.8 Å². The van der Waals surface area contributed by atoms with E-state index in [0.29, 0.717) is 18.7 Å². The Morgan fingerprint density at radius 3 is 2.30 bits per heavy atom. The van der Waals surface area contributed by atoms with E-state index in [1.807, 2.05) is 48.5 Å². The number of nitrogens with zero attached hydrogens (tertiary/aromatic N) is 2. The van der Waals surface area contributed by atoms with Crippen LogP contribution in [-0.2, 0) is 24.4 Å². The van der Waals surface area contributed by atoms with Crippen LogP contribution in [-0.4, -0.2) is 52.8 Å². The number of para-hydroxylation sites is 1. The van der Waals surface area contributed by atoms with Crippen LogP contribution in [0, 0.1) is 5.92 Å². The van der Waals surface area contributed by atoms with Gasteiger partial charge in [-0.1, -0.05) is 56.3 Å². The topological polar surface area (TPSA) is 77.7 Å². The molecular weight excluding hydrogens is 536 g/mol. The molecule has 1 aliphatic heterocycles. The Morgan fingerprint density at radius 1 is 0.953 bits per heavy atom. The Hall–Kier alpha value is -4.10. The van der Waals surface area contributed by atoms with E-state index in [4.69, 9.17) is 4.74 Å². The van der Waals surface area contributed by atoms with Crippen LogP contribution in [0.25, 0.3) is 10.9 Å². The highest BCUT2D eigenvalue weighted by atomic mass is 16.5. The number of H-pyrrole nitrogens is 1. The molecular formula is C36H44N4O3. The molecule has 3 aromatic carbocycles. The number of rotatable bonds is 12. The van der Waals surface area contributed by atoms with Crippen molar-refractivity contribution in [2.24, 2.45) is 5.92 Å². The first kappa shape index (κ1) is 30.4. The summed E-state index contributed by atoms with van der Waals surface area (Å²) in [5, 5.41) is 4.28. The molecule has 0 unspecified atom stereocenters. The normalized spacial score (nSPS) is 14.2. The van der Waals surface area contributed by atoms with Gasteiger partial charge in [0.25, 0.3) is 5.91 Å². The first-order valence-electron chi connectivity index (χ1n) is 15.6. The zero-order chi connectivity index (χ0) is 30.2. The molecule has 1 saturated heterocycles. The first-order chi connectivity index (χ1) is 21.0. The highest BCUT2D eigenvalue weighted by Crippen LogP contribution is 2.26. The summed E-state index contributed by atoms with van der Waals surface area (Å²) in [5.74, 6) is 0.960. The quantitative estimate of drug-likeness (QED) is 0.200. The van der Waals surface area contributed by atoms with E-state index in [9.17, 15) is 9.59 Å². The fourth-order valence-corrected chi connectivity index (χ4v) is 6.14. The lowest BCUT2D eigenvalue weighted by atomic mass is 9.96. The van der Waals surface area contributed by atoms with Gasteiger partial charge in [-0.25, -0.2) is 0 Å². The van der Waals surface area contributed by atoms with Gasteiger partial charge in [0.05, 0.1) is 7.11 Å². The molecule has 7 heteroatoms. The van der Waals surface area contributed by atoms with E-state index in [0.717, 1.165) is 62.2 Å². The van der Waals surface area contributed by atoms with E-state index < -0.39 is 0 Å². The summed E-state index contributed by atoms with van der Waals surface area (Å²) in [7, 11) is 1.64. The van der Waals surface area contributed by atoms with Gasteiger partial charge in [0, 0.05) is 67.3 Å². The third-order valence-electron chi connectivity index (χ3n) is 8.87. The maximum Gasteiger partial charge on any atom is 0.251 e. The molecule has 0 saturated carbocycles. The lowest BCUT2D eigenvalue weighted by Crippen LogP contribution is -2.48. The van der Waals surface area contributed by atoms with Crippen LogP contribution in [0.2, 0.25) is 0 Å². The standard InChI is InChI=1S/C36H44N4O3/c1-4-28(5-2)36(42)40(31-18-20-39(21-19-31)25-30-23-37-34-9-7-6-8-33(30)34)24-27-10-14-29(15-11-27)35(41)38-22-26-12-16-32(43-3)17-13-26/h6-17,23,28,31,37H,4-5,18-22,24-25H2,1-3H3,(H,38,41). The number of nitrogens with one attached hydrogen (secondary N) is 2. The van der Waals surface area contributed by atoms with E-state index in [1.165, 1.54) is 16.5 Å². The number of amides is 2. The van der Waals surface area contributed by atoms with Crippen molar-refractivity contribution in [2.75, 3.05) is 20.2 Å². The number of hydrogen-bond acceptors (Lipinski definition) is 4. The van der Waals surface area contributed by atoms with Crippen molar-refractivity contribution < 1.29 is 14.3 Å². The van der Waals surface area contributed by atoms with Gasteiger partial charge in [0.15, 0.2) is 0 Å². The molecule has 0 atom stereocenters. The summed E-state index contributed by atoms with van der Waals surface area (Å²) in [6.07, 6.45) is 5.74. The fraction of sp³-hybridized carbons (Fsp3) is 0.389. The average Bonchev–Trinajstić information content (AvgIpc) is 3.46. The maximum absolute atomic E-state index is 13.8.